The molecule has 2 atom stereocenters. The standard InChI is InChI=1S/C21H25NO3/c1-2-3-8-18(20(22)23)21(24)25-13-19-16-11-6-4-9-14(16)15-10-5-7-12-17(15)19/h4-7,9-12,18-20,23H,2-3,8,13,22H2,1H3. The molecule has 0 aromatic heterocycles. The number of esters is 1. The van der Waals surface area contributed by atoms with Gasteiger partial charge in [-0.15, -0.1) is 0 Å². The average molecular weight is 339 g/mol. The van der Waals surface area contributed by atoms with Crippen LogP contribution in [0, 0.1) is 5.92 Å². The van der Waals surface area contributed by atoms with E-state index in [0.29, 0.717) is 6.42 Å². The van der Waals surface area contributed by atoms with Crippen molar-refractivity contribution >= 4 is 5.97 Å². The van der Waals surface area contributed by atoms with Crippen LogP contribution in [0.5, 0.6) is 0 Å². The second-order valence-electron chi connectivity index (χ2n) is 6.60. The minimum absolute atomic E-state index is 0.0260. The largest absolute Gasteiger partial charge is 0.464 e. The van der Waals surface area contributed by atoms with Gasteiger partial charge in [0.25, 0.3) is 0 Å². The third-order valence-corrected chi connectivity index (χ3v) is 4.94. The number of carbonyl (C=O) groups is 1. The maximum Gasteiger partial charge on any atom is 0.312 e. The first kappa shape index (κ1) is 17.6. The maximum absolute atomic E-state index is 12.4. The van der Waals surface area contributed by atoms with E-state index in [2.05, 4.69) is 24.3 Å². The fourth-order valence-electron chi connectivity index (χ4n) is 3.56. The lowest BCUT2D eigenvalue weighted by atomic mass is 9.97. The molecule has 4 heteroatoms. The molecule has 0 amide bonds. The van der Waals surface area contributed by atoms with Crippen molar-refractivity contribution in [2.45, 2.75) is 38.3 Å². The molecular weight excluding hydrogens is 314 g/mol. The summed E-state index contributed by atoms with van der Waals surface area (Å²) < 4.78 is 5.58. The Bertz CT molecular complexity index is 696. The van der Waals surface area contributed by atoms with Gasteiger partial charge in [-0.1, -0.05) is 68.3 Å². The molecule has 3 rings (SSSR count). The Balaban J connectivity index is 1.76. The Hall–Kier alpha value is -2.17. The van der Waals surface area contributed by atoms with E-state index >= 15 is 0 Å². The van der Waals surface area contributed by atoms with Gasteiger partial charge in [0.15, 0.2) is 0 Å². The first-order chi connectivity index (χ1) is 12.1. The molecule has 2 aromatic carbocycles. The molecule has 2 aromatic rings. The predicted octanol–water partition coefficient (Wildman–Crippen LogP) is 3.43. The zero-order chi connectivity index (χ0) is 17.8. The molecule has 0 radical (unpaired) electrons. The van der Waals surface area contributed by atoms with Crippen LogP contribution < -0.4 is 5.73 Å². The molecule has 0 aliphatic heterocycles. The number of carbonyl (C=O) groups excluding carboxylic acids is 1. The number of hydrogen-bond donors (Lipinski definition) is 2. The first-order valence-corrected chi connectivity index (χ1v) is 8.92. The number of aliphatic hydroxyl groups excluding tert-OH is 1. The van der Waals surface area contributed by atoms with Crippen LogP contribution >= 0.6 is 0 Å². The van der Waals surface area contributed by atoms with Gasteiger partial charge in [-0.3, -0.25) is 4.79 Å². The van der Waals surface area contributed by atoms with Gasteiger partial charge in [0.05, 0.1) is 5.92 Å². The monoisotopic (exact) mass is 339 g/mol. The first-order valence-electron chi connectivity index (χ1n) is 8.92. The van der Waals surface area contributed by atoms with Gasteiger partial charge in [-0.05, 0) is 28.7 Å². The Morgan fingerprint density at radius 1 is 1.12 bits per heavy atom. The summed E-state index contributed by atoms with van der Waals surface area (Å²) in [6.07, 6.45) is 1.15. The number of benzene rings is 2. The van der Waals surface area contributed by atoms with E-state index < -0.39 is 18.1 Å². The van der Waals surface area contributed by atoms with Crippen molar-refractivity contribution in [1.29, 1.82) is 0 Å². The van der Waals surface area contributed by atoms with E-state index in [4.69, 9.17) is 10.5 Å². The molecule has 4 nitrogen and oxygen atoms in total. The highest BCUT2D eigenvalue weighted by atomic mass is 16.5. The summed E-state index contributed by atoms with van der Waals surface area (Å²) in [6, 6.07) is 16.4. The van der Waals surface area contributed by atoms with Gasteiger partial charge in [-0.25, -0.2) is 0 Å². The Labute approximate surface area is 148 Å². The Morgan fingerprint density at radius 3 is 2.20 bits per heavy atom. The van der Waals surface area contributed by atoms with Crippen molar-refractivity contribution < 1.29 is 14.6 Å². The lowest BCUT2D eigenvalue weighted by Gasteiger charge is -2.20. The van der Waals surface area contributed by atoms with Gasteiger partial charge < -0.3 is 15.6 Å². The van der Waals surface area contributed by atoms with Crippen LogP contribution in [0.25, 0.3) is 11.1 Å². The highest BCUT2D eigenvalue weighted by Crippen LogP contribution is 2.44. The van der Waals surface area contributed by atoms with Crippen molar-refractivity contribution in [3.05, 3.63) is 59.7 Å². The quantitative estimate of drug-likeness (QED) is 0.599. The SMILES string of the molecule is CCCCC(C(=O)OCC1c2ccccc2-c2ccccc21)C(N)O. The normalized spacial score (nSPS) is 15.3. The van der Waals surface area contributed by atoms with E-state index in [0.717, 1.165) is 12.8 Å². The van der Waals surface area contributed by atoms with Crippen LogP contribution in [-0.4, -0.2) is 23.9 Å². The van der Waals surface area contributed by atoms with Gasteiger partial charge in [0.2, 0.25) is 0 Å². The summed E-state index contributed by atoms with van der Waals surface area (Å²) in [4.78, 5) is 12.4. The minimum atomic E-state index is -1.18. The van der Waals surface area contributed by atoms with E-state index in [1.165, 1.54) is 22.3 Å². The fraction of sp³-hybridized carbons (Fsp3) is 0.381. The number of hydrogen-bond acceptors (Lipinski definition) is 4. The van der Waals surface area contributed by atoms with Crippen LogP contribution in [0.4, 0.5) is 0 Å². The summed E-state index contributed by atoms with van der Waals surface area (Å²) in [5.74, 6) is -1.05. The topological polar surface area (TPSA) is 72.5 Å². The molecule has 0 saturated heterocycles. The maximum atomic E-state index is 12.4. The van der Waals surface area contributed by atoms with Gasteiger partial charge in [0.1, 0.15) is 12.8 Å². The van der Waals surface area contributed by atoms with Crippen LogP contribution in [0.2, 0.25) is 0 Å². The van der Waals surface area contributed by atoms with Crippen molar-refractivity contribution in [3.8, 4) is 11.1 Å². The number of unbranched alkanes of at least 4 members (excludes halogenated alkanes) is 1. The van der Waals surface area contributed by atoms with Crippen molar-refractivity contribution in [2.24, 2.45) is 11.7 Å². The summed E-state index contributed by atoms with van der Waals surface area (Å²) in [7, 11) is 0. The zero-order valence-corrected chi connectivity index (χ0v) is 14.5. The number of rotatable bonds is 7. The second kappa shape index (κ2) is 7.81. The molecule has 2 unspecified atom stereocenters. The highest BCUT2D eigenvalue weighted by molar-refractivity contribution is 5.79. The molecule has 0 heterocycles. The average Bonchev–Trinajstić information content (AvgIpc) is 2.94. The second-order valence-corrected chi connectivity index (χ2v) is 6.60. The lowest BCUT2D eigenvalue weighted by Crippen LogP contribution is -2.36. The fourth-order valence-corrected chi connectivity index (χ4v) is 3.56. The Morgan fingerprint density at radius 2 is 1.68 bits per heavy atom. The van der Waals surface area contributed by atoms with E-state index in [1.807, 2.05) is 31.2 Å². The number of aliphatic hydroxyl groups is 1. The minimum Gasteiger partial charge on any atom is -0.464 e. The van der Waals surface area contributed by atoms with Gasteiger partial charge >= 0.3 is 5.97 Å². The smallest absolute Gasteiger partial charge is 0.312 e. The van der Waals surface area contributed by atoms with Crippen molar-refractivity contribution in [2.75, 3.05) is 6.61 Å². The lowest BCUT2D eigenvalue weighted by molar-refractivity contribution is -0.153. The van der Waals surface area contributed by atoms with Crippen LogP contribution in [0.1, 0.15) is 43.2 Å². The van der Waals surface area contributed by atoms with Crippen LogP contribution in [0.3, 0.4) is 0 Å². The number of fused-ring (bicyclic) bond motifs is 3. The summed E-state index contributed by atoms with van der Waals surface area (Å²) in [5.41, 5.74) is 10.3. The van der Waals surface area contributed by atoms with Gasteiger partial charge in [0, 0.05) is 5.92 Å². The van der Waals surface area contributed by atoms with Crippen LogP contribution in [-0.2, 0) is 9.53 Å². The molecule has 0 bridgehead atoms. The molecule has 25 heavy (non-hydrogen) atoms. The molecule has 1 aliphatic rings. The summed E-state index contributed by atoms with van der Waals surface area (Å²) in [5, 5.41) is 9.69. The van der Waals surface area contributed by atoms with Crippen molar-refractivity contribution in [3.63, 3.8) is 0 Å². The van der Waals surface area contributed by atoms with E-state index in [-0.39, 0.29) is 12.5 Å². The number of ether oxygens (including phenoxy) is 1. The van der Waals surface area contributed by atoms with Crippen molar-refractivity contribution in [1.82, 2.24) is 0 Å². The molecule has 132 valence electrons. The molecule has 1 aliphatic carbocycles. The Kier molecular flexibility index (Phi) is 5.51. The summed E-state index contributed by atoms with van der Waals surface area (Å²) >= 11 is 0. The predicted molar refractivity (Wildman–Crippen MR) is 97.9 cm³/mol. The molecule has 0 saturated carbocycles. The zero-order valence-electron chi connectivity index (χ0n) is 14.5. The van der Waals surface area contributed by atoms with Gasteiger partial charge in [-0.2, -0.15) is 0 Å². The molecular formula is C21H25NO3. The van der Waals surface area contributed by atoms with E-state index in [9.17, 15) is 9.90 Å². The third-order valence-electron chi connectivity index (χ3n) is 4.94. The third kappa shape index (κ3) is 3.60. The highest BCUT2D eigenvalue weighted by Gasteiger charge is 2.31. The van der Waals surface area contributed by atoms with Crippen LogP contribution in [0.15, 0.2) is 48.5 Å². The van der Waals surface area contributed by atoms with E-state index in [1.54, 1.807) is 0 Å². The molecule has 3 N–H and O–H groups in total. The number of nitrogens with two attached hydrogens (primary N) is 1. The molecule has 0 spiro atoms. The molecule has 0 fully saturated rings. The summed E-state index contributed by atoms with van der Waals surface area (Å²) in [6.45, 7) is 2.31.